The van der Waals surface area contributed by atoms with E-state index in [0.29, 0.717) is 0 Å². The highest BCUT2D eigenvalue weighted by molar-refractivity contribution is 6.16. The summed E-state index contributed by atoms with van der Waals surface area (Å²) >= 11 is 0. The summed E-state index contributed by atoms with van der Waals surface area (Å²) in [6.07, 6.45) is 13.8. The van der Waals surface area contributed by atoms with Crippen molar-refractivity contribution < 1.29 is 0 Å². The first-order valence-electron chi connectivity index (χ1n) is 9.80. The Morgan fingerprint density at radius 3 is 2.77 bits per heavy atom. The zero-order valence-electron chi connectivity index (χ0n) is 15.7. The maximum Gasteiger partial charge on any atom is 0.140 e. The van der Waals surface area contributed by atoms with E-state index in [0.717, 1.165) is 61.1 Å². The lowest BCUT2D eigenvalue weighted by atomic mass is 10.0. The van der Waals surface area contributed by atoms with Crippen LogP contribution in [-0.4, -0.2) is 24.9 Å². The third kappa shape index (κ3) is 2.03. The third-order valence-corrected chi connectivity index (χ3v) is 5.72. The van der Waals surface area contributed by atoms with Gasteiger partial charge in [-0.2, -0.15) is 0 Å². The number of allylic oxidation sites excluding steroid dienone is 4. The number of benzene rings is 2. The number of anilines is 1. The van der Waals surface area contributed by atoms with Crippen LogP contribution in [0, 0.1) is 0 Å². The second kappa shape index (κ2) is 5.63. The molecule has 2 aliphatic rings. The van der Waals surface area contributed by atoms with E-state index in [1.165, 1.54) is 0 Å². The van der Waals surface area contributed by atoms with Gasteiger partial charge in [0.25, 0.3) is 0 Å². The van der Waals surface area contributed by atoms with Crippen molar-refractivity contribution in [2.75, 3.05) is 5.32 Å². The molecule has 30 heavy (non-hydrogen) atoms. The van der Waals surface area contributed by atoms with Crippen LogP contribution in [0.4, 0.5) is 5.69 Å². The minimum Gasteiger partial charge on any atom is -0.353 e. The number of nitrogens with one attached hydrogen (secondary N) is 2. The molecule has 2 aromatic carbocycles. The van der Waals surface area contributed by atoms with Crippen LogP contribution in [0.25, 0.3) is 50.1 Å². The van der Waals surface area contributed by atoms with E-state index in [2.05, 4.69) is 39.2 Å². The van der Waals surface area contributed by atoms with Crippen LogP contribution in [0.1, 0.15) is 17.3 Å². The maximum absolute atomic E-state index is 5.09. The van der Waals surface area contributed by atoms with Gasteiger partial charge in [-0.15, -0.1) is 5.73 Å². The number of hydrogen-bond acceptors (Lipinski definition) is 5. The Kier molecular flexibility index (Phi) is 2.93. The van der Waals surface area contributed by atoms with Crippen LogP contribution in [0.2, 0.25) is 0 Å². The fourth-order valence-electron chi connectivity index (χ4n) is 4.33. The van der Waals surface area contributed by atoms with Gasteiger partial charge in [-0.25, -0.2) is 15.0 Å². The molecule has 4 heterocycles. The van der Waals surface area contributed by atoms with Crippen LogP contribution in [-0.2, 0) is 0 Å². The lowest BCUT2D eigenvalue weighted by Crippen LogP contribution is -2.01. The fourth-order valence-corrected chi connectivity index (χ4v) is 4.33. The molecule has 3 aromatic heterocycles. The normalized spacial score (nSPS) is 15.1. The largest absolute Gasteiger partial charge is 0.353 e. The first kappa shape index (κ1) is 15.6. The number of H-pyrrole nitrogens is 1. The van der Waals surface area contributed by atoms with Crippen LogP contribution in [0.5, 0.6) is 0 Å². The van der Waals surface area contributed by atoms with E-state index in [1.807, 2.05) is 36.4 Å². The molecule has 0 atom stereocenters. The second-order valence-corrected chi connectivity index (χ2v) is 7.46. The molecule has 6 heteroatoms. The van der Waals surface area contributed by atoms with E-state index in [4.69, 9.17) is 15.0 Å². The Balaban J connectivity index is 1.62. The van der Waals surface area contributed by atoms with Crippen LogP contribution >= 0.6 is 0 Å². The Morgan fingerprint density at radius 1 is 0.900 bits per heavy atom. The topological polar surface area (TPSA) is 79.4 Å². The average Bonchev–Trinajstić information content (AvgIpc) is 3.48. The smallest absolute Gasteiger partial charge is 0.140 e. The van der Waals surface area contributed by atoms with E-state index in [-0.39, 0.29) is 5.92 Å². The van der Waals surface area contributed by atoms with Crippen molar-refractivity contribution in [3.05, 3.63) is 78.1 Å². The van der Waals surface area contributed by atoms with Gasteiger partial charge in [-0.05, 0) is 30.3 Å². The van der Waals surface area contributed by atoms with Gasteiger partial charge in [0.15, 0.2) is 0 Å². The molecule has 0 fully saturated rings. The van der Waals surface area contributed by atoms with E-state index in [1.54, 1.807) is 12.4 Å². The molecule has 0 bridgehead atoms. The predicted molar refractivity (Wildman–Crippen MR) is 119 cm³/mol. The molecule has 0 spiro atoms. The van der Waals surface area contributed by atoms with Gasteiger partial charge in [0.2, 0.25) is 0 Å². The number of rotatable bonds is 1. The summed E-state index contributed by atoms with van der Waals surface area (Å²) in [4.78, 5) is 22.9. The minimum absolute atomic E-state index is 0.122. The second-order valence-electron chi connectivity index (χ2n) is 7.46. The summed E-state index contributed by atoms with van der Waals surface area (Å²) in [6.45, 7) is 0. The molecule has 2 N–H and O–H groups in total. The SMILES string of the molecule is C1=CNc2c(c3[nH]c4ccc5nc(C6C=CC=C6)nc5c4nc3c3cccnc23)C=1. The van der Waals surface area contributed by atoms with E-state index >= 15 is 0 Å². The van der Waals surface area contributed by atoms with Crippen molar-refractivity contribution in [1.82, 2.24) is 24.9 Å². The van der Waals surface area contributed by atoms with Gasteiger partial charge in [0.05, 0.1) is 39.2 Å². The summed E-state index contributed by atoms with van der Waals surface area (Å²) in [5.74, 6) is 0.926. The van der Waals surface area contributed by atoms with E-state index < -0.39 is 0 Å². The quantitative estimate of drug-likeness (QED) is 0.242. The Morgan fingerprint density at radius 2 is 1.83 bits per heavy atom. The molecule has 0 radical (unpaired) electrons. The number of nitrogens with zero attached hydrogens (tertiary/aromatic N) is 4. The number of aromatic nitrogens is 5. The highest BCUT2D eigenvalue weighted by Crippen LogP contribution is 2.37. The molecule has 140 valence electrons. The molecule has 7 rings (SSSR count). The average molecular weight is 386 g/mol. The molecule has 0 unspecified atom stereocenters. The lowest BCUT2D eigenvalue weighted by Gasteiger charge is -2.15. The Hall–Kier alpha value is -4.28. The maximum atomic E-state index is 5.09. The molecule has 6 nitrogen and oxygen atoms in total. The first-order chi connectivity index (χ1) is 14.9. The van der Waals surface area contributed by atoms with Crippen molar-refractivity contribution in [2.45, 2.75) is 5.92 Å². The summed E-state index contributed by atoms with van der Waals surface area (Å²) in [5, 5.41) is 4.28. The molecule has 1 aliphatic heterocycles. The van der Waals surface area contributed by atoms with Crippen molar-refractivity contribution in [1.29, 1.82) is 0 Å². The van der Waals surface area contributed by atoms with Gasteiger partial charge in [-0.3, -0.25) is 4.98 Å². The monoisotopic (exact) mass is 386 g/mol. The number of aromatic amines is 1. The Bertz CT molecular complexity index is 1650. The van der Waals surface area contributed by atoms with Crippen molar-refractivity contribution >= 4 is 55.8 Å². The number of fused-ring (bicyclic) bond motifs is 9. The Labute approximate surface area is 170 Å². The van der Waals surface area contributed by atoms with Crippen molar-refractivity contribution in [2.24, 2.45) is 0 Å². The highest BCUT2D eigenvalue weighted by Gasteiger charge is 2.19. The standard InChI is InChI=1S/C24H14N6/c1-2-6-13(5-1)24-28-17-10-9-16-22(23(17)30-24)29-21-15-8-4-12-26-19(15)18-14(20(21)27-16)7-3-11-25-18/h1-2,4-13,25,27H. The van der Waals surface area contributed by atoms with Crippen LogP contribution < -0.4 is 5.32 Å². The summed E-state index contributed by atoms with van der Waals surface area (Å²) in [7, 11) is 0. The first-order valence-corrected chi connectivity index (χ1v) is 9.80. The third-order valence-electron chi connectivity index (χ3n) is 5.72. The summed E-state index contributed by atoms with van der Waals surface area (Å²) < 4.78 is 0. The van der Waals surface area contributed by atoms with Crippen molar-refractivity contribution in [3.63, 3.8) is 0 Å². The van der Waals surface area contributed by atoms with E-state index in [9.17, 15) is 0 Å². The highest BCUT2D eigenvalue weighted by atomic mass is 15.0. The summed E-state index contributed by atoms with van der Waals surface area (Å²) in [6, 6.07) is 8.02. The number of hydrogen-bond donors (Lipinski definition) is 2. The zero-order chi connectivity index (χ0) is 19.7. The fraction of sp³-hybridized carbons (Fsp3) is 0.0417. The van der Waals surface area contributed by atoms with Gasteiger partial charge in [0, 0.05) is 23.3 Å². The molecule has 0 saturated carbocycles. The van der Waals surface area contributed by atoms with Crippen LogP contribution in [0.15, 0.2) is 66.7 Å². The number of imidazole rings is 1. The molecule has 1 aliphatic carbocycles. The predicted octanol–water partition coefficient (Wildman–Crippen LogP) is 4.97. The molecular weight excluding hydrogens is 372 g/mol. The van der Waals surface area contributed by atoms with Crippen molar-refractivity contribution in [3.8, 4) is 0 Å². The minimum atomic E-state index is 0.122. The number of pyridine rings is 1. The molecular formula is C24H14N6. The summed E-state index contributed by atoms with van der Waals surface area (Å²) in [5.41, 5.74) is 11.2. The van der Waals surface area contributed by atoms with Gasteiger partial charge < -0.3 is 10.3 Å². The lowest BCUT2D eigenvalue weighted by molar-refractivity contribution is 0.971. The molecule has 0 amide bonds. The molecule has 0 saturated heterocycles. The van der Waals surface area contributed by atoms with Gasteiger partial charge in [0.1, 0.15) is 16.9 Å². The van der Waals surface area contributed by atoms with Crippen LogP contribution in [0.3, 0.4) is 0 Å². The molecule has 5 aromatic rings. The zero-order valence-corrected chi connectivity index (χ0v) is 15.7. The van der Waals surface area contributed by atoms with Gasteiger partial charge >= 0.3 is 0 Å². The van der Waals surface area contributed by atoms with Gasteiger partial charge in [-0.1, -0.05) is 24.3 Å².